The minimum atomic E-state index is -3.61. The zero-order valence-electron chi connectivity index (χ0n) is 15.4. The van der Waals surface area contributed by atoms with Crippen LogP contribution in [0.3, 0.4) is 0 Å². The fourth-order valence-corrected chi connectivity index (χ4v) is 3.66. The molecule has 7 nitrogen and oxygen atoms in total. The molecule has 2 aromatic carbocycles. The lowest BCUT2D eigenvalue weighted by Crippen LogP contribution is -2.22. The molecule has 0 aromatic heterocycles. The number of ether oxygens (including phenoxy) is 2. The van der Waals surface area contributed by atoms with Gasteiger partial charge in [0.15, 0.2) is 16.4 Å². The van der Waals surface area contributed by atoms with E-state index < -0.39 is 34.1 Å². The molecule has 0 radical (unpaired) electrons. The van der Waals surface area contributed by atoms with E-state index in [0.717, 1.165) is 5.56 Å². The van der Waals surface area contributed by atoms with Crippen LogP contribution in [-0.4, -0.2) is 39.8 Å². The van der Waals surface area contributed by atoms with Crippen molar-refractivity contribution in [2.24, 2.45) is 0 Å². The van der Waals surface area contributed by atoms with E-state index in [0.29, 0.717) is 16.5 Å². The minimum Gasteiger partial charge on any atom is -0.495 e. The largest absolute Gasteiger partial charge is 0.495 e. The molecule has 28 heavy (non-hydrogen) atoms. The average Bonchev–Trinajstić information content (AvgIpc) is 2.65. The SMILES string of the molecule is COc1ccc(Cl)cc1NC(=O)COC(=O)CCS(=O)(=O)c1ccc(C)cc1. The van der Waals surface area contributed by atoms with E-state index in [-0.39, 0.29) is 11.3 Å². The quantitative estimate of drug-likeness (QED) is 0.653. The Bertz CT molecular complexity index is 957. The molecule has 0 aliphatic heterocycles. The number of hydrogen-bond acceptors (Lipinski definition) is 6. The summed E-state index contributed by atoms with van der Waals surface area (Å²) in [5.41, 5.74) is 1.26. The van der Waals surface area contributed by atoms with Gasteiger partial charge in [0, 0.05) is 5.02 Å². The van der Waals surface area contributed by atoms with Gasteiger partial charge >= 0.3 is 5.97 Å². The first-order valence-electron chi connectivity index (χ1n) is 8.30. The Morgan fingerprint density at radius 1 is 1.11 bits per heavy atom. The highest BCUT2D eigenvalue weighted by atomic mass is 35.5. The van der Waals surface area contributed by atoms with Crippen LogP contribution >= 0.6 is 11.6 Å². The van der Waals surface area contributed by atoms with E-state index >= 15 is 0 Å². The van der Waals surface area contributed by atoms with Crippen LogP contribution < -0.4 is 10.1 Å². The molecule has 0 heterocycles. The number of amides is 1. The van der Waals surface area contributed by atoms with Crippen molar-refractivity contribution in [3.8, 4) is 5.75 Å². The standard InChI is InChI=1S/C19H20ClNO6S/c1-13-3-6-15(7-4-13)28(24,25)10-9-19(23)27-12-18(22)21-16-11-14(20)5-8-17(16)26-2/h3-8,11H,9-10,12H2,1-2H3,(H,21,22). The van der Waals surface area contributed by atoms with Gasteiger partial charge in [0.2, 0.25) is 0 Å². The number of aryl methyl sites for hydroxylation is 1. The van der Waals surface area contributed by atoms with Crippen LogP contribution in [0, 0.1) is 6.92 Å². The Hall–Kier alpha value is -2.58. The molecular formula is C19H20ClNO6S. The maximum Gasteiger partial charge on any atom is 0.307 e. The lowest BCUT2D eigenvalue weighted by Gasteiger charge is -2.11. The number of carbonyl (C=O) groups excluding carboxylic acids is 2. The molecule has 2 aromatic rings. The van der Waals surface area contributed by atoms with Crippen molar-refractivity contribution in [2.75, 3.05) is 24.8 Å². The summed E-state index contributed by atoms with van der Waals surface area (Å²) >= 11 is 5.88. The van der Waals surface area contributed by atoms with Crippen LogP contribution in [0.2, 0.25) is 5.02 Å². The lowest BCUT2D eigenvalue weighted by molar-refractivity contribution is -0.146. The molecule has 0 spiro atoms. The Morgan fingerprint density at radius 2 is 1.79 bits per heavy atom. The maximum absolute atomic E-state index is 12.2. The second kappa shape index (κ2) is 9.57. The van der Waals surface area contributed by atoms with Crippen LogP contribution in [0.5, 0.6) is 5.75 Å². The van der Waals surface area contributed by atoms with E-state index in [4.69, 9.17) is 21.1 Å². The van der Waals surface area contributed by atoms with Crippen LogP contribution in [0.1, 0.15) is 12.0 Å². The van der Waals surface area contributed by atoms with Crippen LogP contribution in [0.25, 0.3) is 0 Å². The van der Waals surface area contributed by atoms with Crippen molar-refractivity contribution >= 4 is 39.0 Å². The van der Waals surface area contributed by atoms with Crippen molar-refractivity contribution < 1.29 is 27.5 Å². The normalized spacial score (nSPS) is 11.0. The fraction of sp³-hybridized carbons (Fsp3) is 0.263. The number of sulfone groups is 1. The van der Waals surface area contributed by atoms with Crippen LogP contribution in [0.15, 0.2) is 47.4 Å². The van der Waals surface area contributed by atoms with Gasteiger partial charge in [-0.1, -0.05) is 29.3 Å². The second-order valence-electron chi connectivity index (χ2n) is 5.94. The highest BCUT2D eigenvalue weighted by Gasteiger charge is 2.18. The zero-order chi connectivity index (χ0) is 20.7. The molecule has 2 rings (SSSR count). The monoisotopic (exact) mass is 425 g/mol. The molecule has 1 N–H and O–H groups in total. The first-order valence-corrected chi connectivity index (χ1v) is 10.3. The molecule has 0 atom stereocenters. The molecular weight excluding hydrogens is 406 g/mol. The summed E-state index contributed by atoms with van der Waals surface area (Å²) < 4.78 is 34.4. The number of esters is 1. The van der Waals surface area contributed by atoms with Crippen molar-refractivity contribution in [1.82, 2.24) is 0 Å². The predicted octanol–water partition coefficient (Wildman–Crippen LogP) is 3.00. The molecule has 150 valence electrons. The van der Waals surface area contributed by atoms with Gasteiger partial charge < -0.3 is 14.8 Å². The lowest BCUT2D eigenvalue weighted by atomic mass is 10.2. The third kappa shape index (κ3) is 6.24. The number of carbonyl (C=O) groups is 2. The molecule has 0 aliphatic carbocycles. The van der Waals surface area contributed by atoms with Crippen molar-refractivity contribution in [3.63, 3.8) is 0 Å². The minimum absolute atomic E-state index is 0.136. The Kier molecular flexibility index (Phi) is 7.42. The molecule has 0 fully saturated rings. The average molecular weight is 426 g/mol. The molecule has 1 amide bonds. The van der Waals surface area contributed by atoms with Crippen molar-refractivity contribution in [2.45, 2.75) is 18.2 Å². The van der Waals surface area contributed by atoms with E-state index in [1.54, 1.807) is 24.3 Å². The molecule has 0 unspecified atom stereocenters. The van der Waals surface area contributed by atoms with Gasteiger partial charge in [0.1, 0.15) is 5.75 Å². The molecule has 0 aliphatic rings. The molecule has 0 saturated heterocycles. The van der Waals surface area contributed by atoms with E-state index in [2.05, 4.69) is 5.32 Å². The summed E-state index contributed by atoms with van der Waals surface area (Å²) in [4.78, 5) is 23.9. The predicted molar refractivity (Wildman–Crippen MR) is 105 cm³/mol. The zero-order valence-corrected chi connectivity index (χ0v) is 17.0. The number of rotatable bonds is 8. The van der Waals surface area contributed by atoms with Gasteiger partial charge in [0.05, 0.1) is 29.9 Å². The van der Waals surface area contributed by atoms with Crippen LogP contribution in [-0.2, 0) is 24.2 Å². The van der Waals surface area contributed by atoms with Gasteiger partial charge in [0.25, 0.3) is 5.91 Å². The highest BCUT2D eigenvalue weighted by Crippen LogP contribution is 2.27. The smallest absolute Gasteiger partial charge is 0.307 e. The van der Waals surface area contributed by atoms with Crippen LogP contribution in [0.4, 0.5) is 5.69 Å². The summed E-state index contributed by atoms with van der Waals surface area (Å²) in [5, 5.41) is 2.91. The Labute approximate surface area is 168 Å². The first kappa shape index (κ1) is 21.7. The van der Waals surface area contributed by atoms with E-state index in [9.17, 15) is 18.0 Å². The van der Waals surface area contributed by atoms with Crippen molar-refractivity contribution in [1.29, 1.82) is 0 Å². The van der Waals surface area contributed by atoms with E-state index in [1.807, 2.05) is 6.92 Å². The van der Waals surface area contributed by atoms with Gasteiger partial charge in [-0.2, -0.15) is 0 Å². The second-order valence-corrected chi connectivity index (χ2v) is 8.48. The summed E-state index contributed by atoms with van der Waals surface area (Å²) in [6, 6.07) is 11.0. The van der Waals surface area contributed by atoms with Gasteiger partial charge in [-0.05, 0) is 37.3 Å². The highest BCUT2D eigenvalue weighted by molar-refractivity contribution is 7.91. The van der Waals surface area contributed by atoms with Crippen molar-refractivity contribution in [3.05, 3.63) is 53.1 Å². The number of nitrogens with one attached hydrogen (secondary N) is 1. The number of benzene rings is 2. The molecule has 0 bridgehead atoms. The number of hydrogen-bond donors (Lipinski definition) is 1. The van der Waals surface area contributed by atoms with E-state index in [1.165, 1.54) is 25.3 Å². The van der Waals surface area contributed by atoms with Gasteiger partial charge in [-0.25, -0.2) is 8.42 Å². The topological polar surface area (TPSA) is 98.8 Å². The summed E-state index contributed by atoms with van der Waals surface area (Å²) in [6.07, 6.45) is -0.357. The third-order valence-corrected chi connectivity index (χ3v) is 5.72. The molecule has 0 saturated carbocycles. The Balaban J connectivity index is 1.84. The number of anilines is 1. The number of halogens is 1. The summed E-state index contributed by atoms with van der Waals surface area (Å²) in [6.45, 7) is 1.29. The molecule has 9 heteroatoms. The first-order chi connectivity index (χ1) is 13.2. The van der Waals surface area contributed by atoms with Gasteiger partial charge in [-0.15, -0.1) is 0 Å². The fourth-order valence-electron chi connectivity index (χ4n) is 2.26. The third-order valence-electron chi connectivity index (χ3n) is 3.75. The Morgan fingerprint density at radius 3 is 2.43 bits per heavy atom. The maximum atomic E-state index is 12.2. The summed E-state index contributed by atoms with van der Waals surface area (Å²) in [7, 11) is -2.17. The summed E-state index contributed by atoms with van der Waals surface area (Å²) in [5.74, 6) is -1.40. The van der Waals surface area contributed by atoms with Gasteiger partial charge in [-0.3, -0.25) is 9.59 Å². The number of methoxy groups -OCH3 is 1.